The molecule has 6 heteroatoms. The van der Waals surface area contributed by atoms with Crippen molar-refractivity contribution in [2.45, 2.75) is 6.42 Å². The van der Waals surface area contributed by atoms with Gasteiger partial charge in [-0.3, -0.25) is 14.2 Å². The van der Waals surface area contributed by atoms with Gasteiger partial charge in [-0.25, -0.2) is 0 Å². The zero-order valence-electron chi connectivity index (χ0n) is 15.8. The minimum atomic E-state index is -0.243. The average molecular weight is 401 g/mol. The number of aromatic amines is 1. The molecule has 2 N–H and O–H groups in total. The Bertz CT molecular complexity index is 1320. The Morgan fingerprint density at radius 1 is 1.03 bits per heavy atom. The smallest absolute Gasteiger partial charge is 0.261 e. The molecular weight excluding hydrogens is 382 g/mol. The van der Waals surface area contributed by atoms with Gasteiger partial charge in [0.05, 0.1) is 10.9 Å². The SMILES string of the molecule is Cn1c(=S)[nH]c2cc(C(=O)Nc3ccccc3Cc3ccccc3)ccc2c1=O. The number of hydrogen-bond acceptors (Lipinski definition) is 3. The van der Waals surface area contributed by atoms with Crippen molar-refractivity contribution in [3.8, 4) is 0 Å². The molecule has 5 nitrogen and oxygen atoms in total. The van der Waals surface area contributed by atoms with Crippen LogP contribution in [0.1, 0.15) is 21.5 Å². The number of H-pyrrole nitrogens is 1. The van der Waals surface area contributed by atoms with E-state index in [2.05, 4.69) is 22.4 Å². The molecule has 29 heavy (non-hydrogen) atoms. The van der Waals surface area contributed by atoms with Gasteiger partial charge in [-0.05, 0) is 54.0 Å². The number of aromatic nitrogens is 2. The monoisotopic (exact) mass is 401 g/mol. The first-order valence-electron chi connectivity index (χ1n) is 9.19. The molecule has 0 atom stereocenters. The number of nitrogens with zero attached hydrogens (tertiary/aromatic N) is 1. The lowest BCUT2D eigenvalue weighted by Crippen LogP contribution is -2.19. The van der Waals surface area contributed by atoms with E-state index in [0.29, 0.717) is 21.2 Å². The van der Waals surface area contributed by atoms with Crippen molar-refractivity contribution in [2.75, 3.05) is 5.32 Å². The maximum atomic E-state index is 12.9. The predicted octanol–water partition coefficient (Wildman–Crippen LogP) is 4.44. The van der Waals surface area contributed by atoms with E-state index in [1.54, 1.807) is 25.2 Å². The van der Waals surface area contributed by atoms with Crippen LogP contribution in [-0.2, 0) is 13.5 Å². The average Bonchev–Trinajstić information content (AvgIpc) is 2.74. The Labute approximate surface area is 172 Å². The molecule has 0 aliphatic heterocycles. The number of carbonyl (C=O) groups is 1. The molecule has 0 unspecified atom stereocenters. The molecule has 4 rings (SSSR count). The third-order valence-electron chi connectivity index (χ3n) is 4.87. The minimum absolute atomic E-state index is 0.191. The first-order valence-corrected chi connectivity index (χ1v) is 9.60. The van der Waals surface area contributed by atoms with E-state index in [1.807, 2.05) is 42.5 Å². The van der Waals surface area contributed by atoms with Crippen LogP contribution in [0, 0.1) is 4.77 Å². The highest BCUT2D eigenvalue weighted by molar-refractivity contribution is 7.71. The van der Waals surface area contributed by atoms with Crippen molar-refractivity contribution in [3.63, 3.8) is 0 Å². The molecule has 1 heterocycles. The molecule has 0 saturated heterocycles. The lowest BCUT2D eigenvalue weighted by molar-refractivity contribution is 0.102. The van der Waals surface area contributed by atoms with E-state index in [9.17, 15) is 9.59 Å². The number of rotatable bonds is 4. The summed E-state index contributed by atoms with van der Waals surface area (Å²) >= 11 is 5.17. The fourth-order valence-electron chi connectivity index (χ4n) is 3.25. The molecule has 0 aliphatic carbocycles. The van der Waals surface area contributed by atoms with E-state index in [0.717, 1.165) is 17.7 Å². The lowest BCUT2D eigenvalue weighted by Gasteiger charge is -2.12. The third-order valence-corrected chi connectivity index (χ3v) is 5.24. The molecule has 0 bridgehead atoms. The fourth-order valence-corrected chi connectivity index (χ4v) is 3.45. The van der Waals surface area contributed by atoms with Crippen LogP contribution in [0.3, 0.4) is 0 Å². The molecule has 0 radical (unpaired) electrons. The van der Waals surface area contributed by atoms with Gasteiger partial charge in [0.25, 0.3) is 11.5 Å². The highest BCUT2D eigenvalue weighted by atomic mass is 32.1. The fraction of sp³-hybridized carbons (Fsp3) is 0.0870. The summed E-state index contributed by atoms with van der Waals surface area (Å²) in [5, 5.41) is 3.48. The second-order valence-corrected chi connectivity index (χ2v) is 7.22. The summed E-state index contributed by atoms with van der Waals surface area (Å²) in [6.07, 6.45) is 0.720. The first kappa shape index (κ1) is 18.8. The van der Waals surface area contributed by atoms with Gasteiger partial charge in [-0.2, -0.15) is 0 Å². The minimum Gasteiger partial charge on any atom is -0.332 e. The topological polar surface area (TPSA) is 66.9 Å². The predicted molar refractivity (Wildman–Crippen MR) is 118 cm³/mol. The summed E-state index contributed by atoms with van der Waals surface area (Å²) in [5.74, 6) is -0.243. The third kappa shape index (κ3) is 3.88. The van der Waals surface area contributed by atoms with Crippen LogP contribution in [0.2, 0.25) is 0 Å². The summed E-state index contributed by atoms with van der Waals surface area (Å²) in [6, 6.07) is 22.8. The number of amides is 1. The first-order chi connectivity index (χ1) is 14.0. The standard InChI is InChI=1S/C23H19N3O2S/c1-26-22(28)18-12-11-17(14-20(18)25-23(26)29)21(27)24-19-10-6-5-9-16(19)13-15-7-3-2-4-8-15/h2-12,14H,13H2,1H3,(H,24,27)(H,25,29). The number of carbonyl (C=O) groups excluding carboxylic acids is 1. The number of para-hydroxylation sites is 1. The van der Waals surface area contributed by atoms with Crippen molar-refractivity contribution in [3.05, 3.63) is 105 Å². The van der Waals surface area contributed by atoms with Crippen molar-refractivity contribution >= 4 is 34.7 Å². The number of anilines is 1. The Morgan fingerprint density at radius 3 is 2.55 bits per heavy atom. The highest BCUT2D eigenvalue weighted by Gasteiger charge is 2.12. The number of hydrogen-bond donors (Lipinski definition) is 2. The van der Waals surface area contributed by atoms with E-state index >= 15 is 0 Å². The Kier molecular flexibility index (Phi) is 5.10. The van der Waals surface area contributed by atoms with Crippen LogP contribution in [0.4, 0.5) is 5.69 Å². The van der Waals surface area contributed by atoms with Gasteiger partial charge in [-0.15, -0.1) is 0 Å². The number of nitrogens with one attached hydrogen (secondary N) is 2. The molecule has 0 spiro atoms. The van der Waals surface area contributed by atoms with Crippen molar-refractivity contribution < 1.29 is 4.79 Å². The van der Waals surface area contributed by atoms with Crippen LogP contribution in [-0.4, -0.2) is 15.5 Å². The Balaban J connectivity index is 1.64. The second kappa shape index (κ2) is 7.85. The van der Waals surface area contributed by atoms with Gasteiger partial charge < -0.3 is 10.3 Å². The maximum absolute atomic E-state index is 12.9. The van der Waals surface area contributed by atoms with Crippen LogP contribution >= 0.6 is 12.2 Å². The van der Waals surface area contributed by atoms with Crippen LogP contribution in [0.25, 0.3) is 10.9 Å². The van der Waals surface area contributed by atoms with E-state index in [1.165, 1.54) is 10.1 Å². The quantitative estimate of drug-likeness (QED) is 0.497. The zero-order chi connectivity index (χ0) is 20.4. The molecule has 3 aromatic carbocycles. The largest absolute Gasteiger partial charge is 0.332 e. The second-order valence-electron chi connectivity index (χ2n) is 6.83. The van der Waals surface area contributed by atoms with E-state index in [-0.39, 0.29) is 11.5 Å². The summed E-state index contributed by atoms with van der Waals surface area (Å²) in [6.45, 7) is 0. The van der Waals surface area contributed by atoms with E-state index in [4.69, 9.17) is 12.2 Å². The van der Waals surface area contributed by atoms with Crippen LogP contribution in [0.15, 0.2) is 77.6 Å². The summed E-state index contributed by atoms with van der Waals surface area (Å²) < 4.78 is 1.69. The summed E-state index contributed by atoms with van der Waals surface area (Å²) in [5.41, 5.74) is 3.76. The summed E-state index contributed by atoms with van der Waals surface area (Å²) in [4.78, 5) is 28.2. The number of fused-ring (bicyclic) bond motifs is 1. The van der Waals surface area contributed by atoms with Crippen molar-refractivity contribution in [1.29, 1.82) is 0 Å². The summed E-state index contributed by atoms with van der Waals surface area (Å²) in [7, 11) is 1.62. The Hall–Kier alpha value is -3.51. The van der Waals surface area contributed by atoms with Crippen molar-refractivity contribution in [1.82, 2.24) is 9.55 Å². The lowest BCUT2D eigenvalue weighted by atomic mass is 10.0. The highest BCUT2D eigenvalue weighted by Crippen LogP contribution is 2.20. The van der Waals surface area contributed by atoms with Gasteiger partial charge in [0.15, 0.2) is 4.77 Å². The maximum Gasteiger partial charge on any atom is 0.261 e. The normalized spacial score (nSPS) is 10.8. The number of benzene rings is 3. The van der Waals surface area contributed by atoms with Gasteiger partial charge in [0.1, 0.15) is 0 Å². The molecule has 0 fully saturated rings. The zero-order valence-corrected chi connectivity index (χ0v) is 16.6. The van der Waals surface area contributed by atoms with E-state index < -0.39 is 0 Å². The molecule has 0 saturated carbocycles. The van der Waals surface area contributed by atoms with Gasteiger partial charge in [-0.1, -0.05) is 48.5 Å². The Morgan fingerprint density at radius 2 is 1.76 bits per heavy atom. The molecule has 1 amide bonds. The molecule has 4 aromatic rings. The van der Waals surface area contributed by atoms with Crippen LogP contribution < -0.4 is 10.9 Å². The molecule has 0 aliphatic rings. The molecule has 144 valence electrons. The van der Waals surface area contributed by atoms with Gasteiger partial charge in [0.2, 0.25) is 0 Å². The van der Waals surface area contributed by atoms with Crippen molar-refractivity contribution in [2.24, 2.45) is 7.05 Å². The van der Waals surface area contributed by atoms with Gasteiger partial charge in [0, 0.05) is 18.3 Å². The molecular formula is C23H19N3O2S. The van der Waals surface area contributed by atoms with Gasteiger partial charge >= 0.3 is 0 Å². The molecule has 1 aromatic heterocycles. The van der Waals surface area contributed by atoms with Crippen LogP contribution in [0.5, 0.6) is 0 Å².